The molecule has 0 saturated carbocycles. The summed E-state index contributed by atoms with van der Waals surface area (Å²) < 4.78 is 5.05. The minimum atomic E-state index is -0.596. The van der Waals surface area contributed by atoms with Crippen LogP contribution in [0.25, 0.3) is 10.6 Å². The molecule has 0 aliphatic rings. The molecular formula is C17H21N3O3S. The van der Waals surface area contributed by atoms with Gasteiger partial charge in [-0.15, -0.1) is 11.3 Å². The number of amides is 1. The second-order valence-corrected chi connectivity index (χ2v) is 6.27. The van der Waals surface area contributed by atoms with Crippen LogP contribution in [0.15, 0.2) is 24.5 Å². The van der Waals surface area contributed by atoms with Gasteiger partial charge in [0.05, 0.1) is 12.3 Å². The standard InChI is InChI=1S/C17H21N3O3S/c1-5-13(17(22)23-6-2)20(4)16(21)14-11(3)19-15(24-14)12-8-7-9-18-10-12/h7-10,13H,5-6H2,1-4H3. The van der Waals surface area contributed by atoms with Gasteiger partial charge in [0.2, 0.25) is 0 Å². The maximum atomic E-state index is 12.8. The monoisotopic (exact) mass is 347 g/mol. The van der Waals surface area contributed by atoms with Gasteiger partial charge in [-0.05, 0) is 32.4 Å². The molecule has 0 N–H and O–H groups in total. The smallest absolute Gasteiger partial charge is 0.328 e. The molecule has 0 spiro atoms. The Balaban J connectivity index is 2.26. The molecule has 2 rings (SSSR count). The van der Waals surface area contributed by atoms with E-state index in [-0.39, 0.29) is 11.9 Å². The number of hydrogen-bond acceptors (Lipinski definition) is 6. The largest absolute Gasteiger partial charge is 0.464 e. The van der Waals surface area contributed by atoms with Crippen LogP contribution < -0.4 is 0 Å². The molecule has 0 radical (unpaired) electrons. The van der Waals surface area contributed by atoms with Crippen LogP contribution in [0, 0.1) is 6.92 Å². The predicted molar refractivity (Wildman–Crippen MR) is 92.9 cm³/mol. The van der Waals surface area contributed by atoms with E-state index < -0.39 is 6.04 Å². The number of aromatic nitrogens is 2. The molecule has 7 heteroatoms. The van der Waals surface area contributed by atoms with Gasteiger partial charge in [-0.1, -0.05) is 6.92 Å². The van der Waals surface area contributed by atoms with Crippen molar-refractivity contribution in [1.29, 1.82) is 0 Å². The quantitative estimate of drug-likeness (QED) is 0.751. The van der Waals surface area contributed by atoms with E-state index >= 15 is 0 Å². The fourth-order valence-electron chi connectivity index (χ4n) is 2.35. The Bertz CT molecular complexity index is 715. The van der Waals surface area contributed by atoms with E-state index in [1.165, 1.54) is 16.2 Å². The fraction of sp³-hybridized carbons (Fsp3) is 0.412. The van der Waals surface area contributed by atoms with E-state index in [1.807, 2.05) is 19.1 Å². The minimum absolute atomic E-state index is 0.222. The van der Waals surface area contributed by atoms with Crippen molar-refractivity contribution in [3.8, 4) is 10.6 Å². The van der Waals surface area contributed by atoms with E-state index in [0.29, 0.717) is 23.6 Å². The highest BCUT2D eigenvalue weighted by atomic mass is 32.1. The SMILES string of the molecule is CCOC(=O)C(CC)N(C)C(=O)c1sc(-c2cccnc2)nc1C. The first kappa shape index (κ1) is 18.1. The summed E-state index contributed by atoms with van der Waals surface area (Å²) in [5.41, 5.74) is 1.51. The minimum Gasteiger partial charge on any atom is -0.464 e. The summed E-state index contributed by atoms with van der Waals surface area (Å²) in [5, 5.41) is 0.738. The van der Waals surface area contributed by atoms with Gasteiger partial charge in [0.25, 0.3) is 5.91 Å². The lowest BCUT2D eigenvalue weighted by Crippen LogP contribution is -2.42. The third-order valence-corrected chi connectivity index (χ3v) is 4.83. The summed E-state index contributed by atoms with van der Waals surface area (Å²) in [4.78, 5) is 35.3. The van der Waals surface area contributed by atoms with Gasteiger partial charge >= 0.3 is 5.97 Å². The van der Waals surface area contributed by atoms with Crippen LogP contribution >= 0.6 is 11.3 Å². The van der Waals surface area contributed by atoms with Gasteiger partial charge in [0, 0.05) is 25.0 Å². The summed E-state index contributed by atoms with van der Waals surface area (Å²) >= 11 is 1.31. The Hall–Kier alpha value is -2.28. The number of carbonyl (C=O) groups is 2. The molecule has 2 aromatic heterocycles. The molecule has 0 fully saturated rings. The van der Waals surface area contributed by atoms with Crippen molar-refractivity contribution in [3.63, 3.8) is 0 Å². The average molecular weight is 347 g/mol. The molecule has 0 aliphatic heterocycles. The van der Waals surface area contributed by atoms with Crippen molar-refractivity contribution in [2.24, 2.45) is 0 Å². The first-order chi connectivity index (χ1) is 11.5. The van der Waals surface area contributed by atoms with Gasteiger partial charge < -0.3 is 9.64 Å². The first-order valence-corrected chi connectivity index (χ1v) is 8.62. The number of hydrogen-bond donors (Lipinski definition) is 0. The normalized spacial score (nSPS) is 11.8. The zero-order valence-corrected chi connectivity index (χ0v) is 15.1. The Morgan fingerprint density at radius 3 is 2.71 bits per heavy atom. The first-order valence-electron chi connectivity index (χ1n) is 7.81. The van der Waals surface area contributed by atoms with Gasteiger partial charge in [-0.3, -0.25) is 9.78 Å². The number of pyridine rings is 1. The van der Waals surface area contributed by atoms with Crippen molar-refractivity contribution in [3.05, 3.63) is 35.1 Å². The lowest BCUT2D eigenvalue weighted by Gasteiger charge is -2.25. The molecule has 128 valence electrons. The highest BCUT2D eigenvalue weighted by Crippen LogP contribution is 2.28. The van der Waals surface area contributed by atoms with E-state index in [1.54, 1.807) is 33.3 Å². The molecule has 24 heavy (non-hydrogen) atoms. The highest BCUT2D eigenvalue weighted by molar-refractivity contribution is 7.17. The molecular weight excluding hydrogens is 326 g/mol. The van der Waals surface area contributed by atoms with E-state index in [2.05, 4.69) is 9.97 Å². The Labute approximate surface area is 145 Å². The molecule has 1 amide bonds. The maximum absolute atomic E-state index is 12.8. The number of carbonyl (C=O) groups excluding carboxylic acids is 2. The molecule has 0 aliphatic carbocycles. The number of thiazole rings is 1. The molecule has 6 nitrogen and oxygen atoms in total. The van der Waals surface area contributed by atoms with Gasteiger partial charge in [-0.25, -0.2) is 9.78 Å². The van der Waals surface area contributed by atoms with Crippen LogP contribution in [0.2, 0.25) is 0 Å². The Morgan fingerprint density at radius 2 is 2.12 bits per heavy atom. The van der Waals surface area contributed by atoms with Gasteiger partial charge in [0.15, 0.2) is 0 Å². The second-order valence-electron chi connectivity index (χ2n) is 5.27. The topological polar surface area (TPSA) is 72.4 Å². The zero-order valence-electron chi connectivity index (χ0n) is 14.3. The maximum Gasteiger partial charge on any atom is 0.328 e. The van der Waals surface area contributed by atoms with Gasteiger partial charge in [-0.2, -0.15) is 0 Å². The third kappa shape index (κ3) is 3.79. The number of esters is 1. The highest BCUT2D eigenvalue weighted by Gasteiger charge is 2.29. The lowest BCUT2D eigenvalue weighted by molar-refractivity contribution is -0.148. The Kier molecular flexibility index (Phi) is 6.03. The summed E-state index contributed by atoms with van der Waals surface area (Å²) in [6, 6.07) is 3.13. The Morgan fingerprint density at radius 1 is 1.38 bits per heavy atom. The van der Waals surface area contributed by atoms with Crippen molar-refractivity contribution in [2.75, 3.05) is 13.7 Å². The zero-order chi connectivity index (χ0) is 17.7. The number of nitrogens with zero attached hydrogens (tertiary/aromatic N) is 3. The molecule has 2 heterocycles. The third-order valence-electron chi connectivity index (χ3n) is 3.63. The van der Waals surface area contributed by atoms with Crippen molar-refractivity contribution in [1.82, 2.24) is 14.9 Å². The van der Waals surface area contributed by atoms with Crippen LogP contribution in [0.5, 0.6) is 0 Å². The lowest BCUT2D eigenvalue weighted by atomic mass is 10.2. The van der Waals surface area contributed by atoms with E-state index in [4.69, 9.17) is 4.74 Å². The summed E-state index contributed by atoms with van der Waals surface area (Å²) in [6.07, 6.45) is 3.90. The molecule has 2 aromatic rings. The molecule has 0 saturated heterocycles. The molecule has 0 aromatic carbocycles. The van der Waals surface area contributed by atoms with Gasteiger partial charge in [0.1, 0.15) is 15.9 Å². The van der Waals surface area contributed by atoms with E-state index in [9.17, 15) is 9.59 Å². The number of aryl methyl sites for hydroxylation is 1. The molecule has 1 atom stereocenters. The second kappa shape index (κ2) is 8.01. The number of rotatable bonds is 6. The van der Waals surface area contributed by atoms with Crippen LogP contribution in [0.3, 0.4) is 0 Å². The number of likely N-dealkylation sites (N-methyl/N-ethyl adjacent to an activating group) is 1. The predicted octanol–water partition coefficient (Wildman–Crippen LogP) is 2.93. The summed E-state index contributed by atoms with van der Waals surface area (Å²) in [5.74, 6) is -0.606. The number of ether oxygens (including phenoxy) is 1. The van der Waals surface area contributed by atoms with Crippen LogP contribution in [0.4, 0.5) is 0 Å². The van der Waals surface area contributed by atoms with E-state index in [0.717, 1.165) is 10.6 Å². The van der Waals surface area contributed by atoms with Crippen LogP contribution in [0.1, 0.15) is 35.6 Å². The summed E-state index contributed by atoms with van der Waals surface area (Å²) in [6.45, 7) is 5.69. The van der Waals surface area contributed by atoms with Crippen LogP contribution in [-0.2, 0) is 9.53 Å². The average Bonchev–Trinajstić information content (AvgIpc) is 2.97. The fourth-order valence-corrected chi connectivity index (χ4v) is 3.39. The van der Waals surface area contributed by atoms with Crippen molar-refractivity contribution in [2.45, 2.75) is 33.2 Å². The van der Waals surface area contributed by atoms with Crippen molar-refractivity contribution < 1.29 is 14.3 Å². The van der Waals surface area contributed by atoms with Crippen LogP contribution in [-0.4, -0.2) is 46.4 Å². The molecule has 0 bridgehead atoms. The van der Waals surface area contributed by atoms with Crippen molar-refractivity contribution >= 4 is 23.2 Å². The molecule has 1 unspecified atom stereocenters. The summed E-state index contributed by atoms with van der Waals surface area (Å²) in [7, 11) is 1.62.